The number of fused-ring (bicyclic) bond motifs is 2. The number of anilines is 3. The van der Waals surface area contributed by atoms with Crippen LogP contribution in [0.4, 0.5) is 16.5 Å². The molecule has 1 aliphatic carbocycles. The fourth-order valence-electron chi connectivity index (χ4n) is 3.70. The van der Waals surface area contributed by atoms with Gasteiger partial charge in [-0.25, -0.2) is 4.98 Å². The van der Waals surface area contributed by atoms with Gasteiger partial charge < -0.3 is 15.0 Å². The van der Waals surface area contributed by atoms with E-state index in [1.54, 1.807) is 7.11 Å². The Kier molecular flexibility index (Phi) is 4.18. The Morgan fingerprint density at radius 3 is 2.87 bits per heavy atom. The first-order valence-corrected chi connectivity index (χ1v) is 9.04. The highest BCUT2D eigenvalue weighted by Crippen LogP contribution is 2.40. The van der Waals surface area contributed by atoms with Crippen molar-refractivity contribution >= 4 is 28.0 Å². The average Bonchev–Trinajstić information content (AvgIpc) is 3.30. The summed E-state index contributed by atoms with van der Waals surface area (Å²) in [6.45, 7) is 1.89. The van der Waals surface area contributed by atoms with Gasteiger partial charge in [0.05, 0.1) is 6.61 Å². The Labute approximate surface area is 140 Å². The van der Waals surface area contributed by atoms with Crippen molar-refractivity contribution in [2.75, 3.05) is 30.5 Å². The summed E-state index contributed by atoms with van der Waals surface area (Å²) in [6.07, 6.45) is 4.92. The van der Waals surface area contributed by atoms with Crippen LogP contribution in [-0.2, 0) is 11.2 Å². The van der Waals surface area contributed by atoms with Crippen molar-refractivity contribution in [3.8, 4) is 0 Å². The minimum atomic E-state index is 0.656. The molecule has 5 nitrogen and oxygen atoms in total. The first-order valence-electron chi connectivity index (χ1n) is 8.27. The topological polar surface area (TPSA) is 50.3 Å². The monoisotopic (exact) mass is 330 g/mol. The highest BCUT2D eigenvalue weighted by molar-refractivity contribution is 7.09. The van der Waals surface area contributed by atoms with E-state index in [0.29, 0.717) is 6.61 Å². The molecule has 1 N–H and O–H groups in total. The summed E-state index contributed by atoms with van der Waals surface area (Å²) in [5.74, 6) is 1.76. The largest absolute Gasteiger partial charge is 0.384 e. The van der Waals surface area contributed by atoms with Gasteiger partial charge in [-0.3, -0.25) is 0 Å². The predicted molar refractivity (Wildman–Crippen MR) is 93.7 cm³/mol. The molecule has 122 valence electrons. The molecule has 2 bridgehead atoms. The smallest absolute Gasteiger partial charge is 0.207 e. The van der Waals surface area contributed by atoms with Gasteiger partial charge in [0.15, 0.2) is 0 Å². The van der Waals surface area contributed by atoms with Crippen LogP contribution >= 0.6 is 11.5 Å². The molecule has 1 saturated heterocycles. The van der Waals surface area contributed by atoms with Crippen molar-refractivity contribution in [1.82, 2.24) is 9.36 Å². The number of hydrogen-bond acceptors (Lipinski definition) is 6. The van der Waals surface area contributed by atoms with Gasteiger partial charge in [-0.15, -0.1) is 0 Å². The van der Waals surface area contributed by atoms with E-state index in [9.17, 15) is 0 Å². The van der Waals surface area contributed by atoms with Gasteiger partial charge >= 0.3 is 0 Å². The third-order valence-electron chi connectivity index (χ3n) is 4.86. The first-order chi connectivity index (χ1) is 11.3. The van der Waals surface area contributed by atoms with E-state index in [-0.39, 0.29) is 0 Å². The molecule has 2 atom stereocenters. The van der Waals surface area contributed by atoms with Crippen LogP contribution in [0.15, 0.2) is 24.3 Å². The molecular weight excluding hydrogens is 308 g/mol. The van der Waals surface area contributed by atoms with Gasteiger partial charge in [0.25, 0.3) is 0 Å². The van der Waals surface area contributed by atoms with Crippen LogP contribution in [0.5, 0.6) is 0 Å². The lowest BCUT2D eigenvalue weighted by atomic mass is 10.1. The van der Waals surface area contributed by atoms with E-state index in [1.807, 2.05) is 0 Å². The number of aromatic nitrogens is 2. The molecule has 6 heteroatoms. The fraction of sp³-hybridized carbons (Fsp3) is 0.529. The number of ether oxygens (including phenoxy) is 1. The molecule has 0 radical (unpaired) electrons. The van der Waals surface area contributed by atoms with Crippen molar-refractivity contribution in [2.45, 2.75) is 31.7 Å². The molecule has 0 spiro atoms. The third-order valence-corrected chi connectivity index (χ3v) is 5.53. The summed E-state index contributed by atoms with van der Waals surface area (Å²) in [4.78, 5) is 7.06. The Hall–Kier alpha value is -1.66. The molecule has 2 unspecified atom stereocenters. The van der Waals surface area contributed by atoms with Crippen molar-refractivity contribution in [3.05, 3.63) is 30.1 Å². The number of rotatable bonds is 6. The van der Waals surface area contributed by atoms with E-state index in [0.717, 1.165) is 35.0 Å². The molecule has 1 saturated carbocycles. The maximum absolute atomic E-state index is 5.06. The minimum absolute atomic E-state index is 0.656. The molecule has 1 aromatic carbocycles. The molecule has 4 rings (SSSR count). The molecule has 2 aliphatic rings. The van der Waals surface area contributed by atoms with Crippen molar-refractivity contribution in [1.29, 1.82) is 0 Å². The standard InChI is InChI=1S/C17H22N4OS/c1-22-9-8-16-19-17(23-20-16)18-13-3-6-14(7-4-13)21-11-12-2-5-15(21)10-12/h3-4,6-7,12,15H,2,5,8-11H2,1H3,(H,18,19,20). The molecular formula is C17H22N4OS. The normalized spacial score (nSPS) is 22.7. The molecule has 2 fully saturated rings. The summed E-state index contributed by atoms with van der Waals surface area (Å²) in [5.41, 5.74) is 2.41. The van der Waals surface area contributed by atoms with E-state index in [2.05, 4.69) is 43.8 Å². The maximum atomic E-state index is 5.06. The lowest BCUT2D eigenvalue weighted by Crippen LogP contribution is -2.31. The third kappa shape index (κ3) is 3.19. The summed E-state index contributed by atoms with van der Waals surface area (Å²) in [7, 11) is 1.69. The van der Waals surface area contributed by atoms with Gasteiger partial charge in [-0.05, 0) is 49.4 Å². The molecule has 1 aliphatic heterocycles. The van der Waals surface area contributed by atoms with Gasteiger partial charge in [0.1, 0.15) is 5.82 Å². The summed E-state index contributed by atoms with van der Waals surface area (Å²) >= 11 is 1.40. The SMILES string of the molecule is COCCc1nsc(Nc2ccc(N3CC4CCC3C4)cc2)n1. The van der Waals surface area contributed by atoms with E-state index in [1.165, 1.54) is 43.0 Å². The summed E-state index contributed by atoms with van der Waals surface area (Å²) < 4.78 is 9.39. The number of nitrogens with one attached hydrogen (secondary N) is 1. The lowest BCUT2D eigenvalue weighted by Gasteiger charge is -2.29. The van der Waals surface area contributed by atoms with Crippen LogP contribution in [-0.4, -0.2) is 35.7 Å². The molecule has 1 aromatic heterocycles. The zero-order chi connectivity index (χ0) is 15.6. The Balaban J connectivity index is 1.39. The number of hydrogen-bond donors (Lipinski definition) is 1. The van der Waals surface area contributed by atoms with Crippen LogP contribution in [0.2, 0.25) is 0 Å². The van der Waals surface area contributed by atoms with Gasteiger partial charge in [-0.1, -0.05) is 0 Å². The van der Waals surface area contributed by atoms with Gasteiger partial charge in [0, 0.05) is 49.0 Å². The molecule has 2 heterocycles. The van der Waals surface area contributed by atoms with Crippen LogP contribution in [0.1, 0.15) is 25.1 Å². The van der Waals surface area contributed by atoms with Gasteiger partial charge in [-0.2, -0.15) is 4.37 Å². The predicted octanol–water partition coefficient (Wildman–Crippen LogP) is 3.46. The first kappa shape index (κ1) is 14.9. The van der Waals surface area contributed by atoms with Crippen LogP contribution in [0.25, 0.3) is 0 Å². The summed E-state index contributed by atoms with van der Waals surface area (Å²) in [5, 5.41) is 4.18. The fourth-order valence-corrected chi connectivity index (χ4v) is 4.33. The van der Waals surface area contributed by atoms with E-state index in [4.69, 9.17) is 4.74 Å². The second-order valence-corrected chi connectivity index (χ2v) is 7.17. The zero-order valence-electron chi connectivity index (χ0n) is 13.4. The van der Waals surface area contributed by atoms with E-state index < -0.39 is 0 Å². The lowest BCUT2D eigenvalue weighted by molar-refractivity contribution is 0.201. The second kappa shape index (κ2) is 6.45. The average molecular weight is 330 g/mol. The zero-order valence-corrected chi connectivity index (χ0v) is 14.2. The van der Waals surface area contributed by atoms with Crippen LogP contribution < -0.4 is 10.2 Å². The second-order valence-electron chi connectivity index (χ2n) is 6.42. The summed E-state index contributed by atoms with van der Waals surface area (Å²) in [6, 6.07) is 9.48. The minimum Gasteiger partial charge on any atom is -0.384 e. The Morgan fingerprint density at radius 1 is 1.30 bits per heavy atom. The van der Waals surface area contributed by atoms with Crippen LogP contribution in [0.3, 0.4) is 0 Å². The number of piperidine rings is 1. The number of nitrogens with zero attached hydrogens (tertiary/aromatic N) is 3. The molecule has 2 aromatic rings. The molecule has 23 heavy (non-hydrogen) atoms. The van der Waals surface area contributed by atoms with Crippen molar-refractivity contribution in [2.24, 2.45) is 5.92 Å². The van der Waals surface area contributed by atoms with Crippen molar-refractivity contribution in [3.63, 3.8) is 0 Å². The van der Waals surface area contributed by atoms with Gasteiger partial charge in [0.2, 0.25) is 5.13 Å². The highest BCUT2D eigenvalue weighted by atomic mass is 32.1. The van der Waals surface area contributed by atoms with Crippen LogP contribution in [0, 0.1) is 5.92 Å². The number of methoxy groups -OCH3 is 1. The highest BCUT2D eigenvalue weighted by Gasteiger charge is 2.37. The number of benzene rings is 1. The quantitative estimate of drug-likeness (QED) is 0.879. The Morgan fingerprint density at radius 2 is 2.17 bits per heavy atom. The Bertz CT molecular complexity index is 657. The van der Waals surface area contributed by atoms with Crippen molar-refractivity contribution < 1.29 is 4.74 Å². The molecule has 0 amide bonds. The van der Waals surface area contributed by atoms with E-state index >= 15 is 0 Å². The maximum Gasteiger partial charge on any atom is 0.207 e.